The summed E-state index contributed by atoms with van der Waals surface area (Å²) >= 11 is 1.96. The van der Waals surface area contributed by atoms with Gasteiger partial charge in [0.05, 0.1) is 6.72 Å². The van der Waals surface area contributed by atoms with Gasteiger partial charge in [0.1, 0.15) is 17.5 Å². The SMILES string of the molecule is C=[N+]1C=Cc2c([s+][c-]3cc(C4CCC5(CCCCC5)CC4)ccc23)[C-]1c1cc(C(C)(C)C)c2ccccc2c1C. The van der Waals surface area contributed by atoms with Crippen LogP contribution in [0.3, 0.4) is 0 Å². The molecule has 2 fully saturated rings. The highest BCUT2D eigenvalue weighted by Crippen LogP contribution is 2.52. The van der Waals surface area contributed by atoms with Gasteiger partial charge in [-0.25, -0.2) is 0 Å². The van der Waals surface area contributed by atoms with Crippen molar-refractivity contribution in [1.82, 2.24) is 0 Å². The van der Waals surface area contributed by atoms with Gasteiger partial charge in [-0.2, -0.15) is 0 Å². The first kappa shape index (κ1) is 26.1. The number of fused-ring (bicyclic) bond motifs is 4. The zero-order valence-corrected chi connectivity index (χ0v) is 25.6. The molecule has 1 aromatic heterocycles. The Kier molecular flexibility index (Phi) is 6.27. The van der Waals surface area contributed by atoms with Gasteiger partial charge in [-0.1, -0.05) is 113 Å². The van der Waals surface area contributed by atoms with E-state index in [-0.39, 0.29) is 5.41 Å². The quantitative estimate of drug-likeness (QED) is 0.134. The number of thiophene rings is 1. The fraction of sp³-hybridized carbons (Fsp3) is 0.421. The normalized spacial score (nSPS) is 19.6. The molecule has 7 rings (SSSR count). The number of hydrogen-bond acceptors (Lipinski definition) is 0. The van der Waals surface area contributed by atoms with Crippen LogP contribution in [0.15, 0.2) is 54.7 Å². The number of nitrogens with zero attached hydrogens (tertiary/aromatic N) is 1. The highest BCUT2D eigenvalue weighted by molar-refractivity contribution is 7.19. The Morgan fingerprint density at radius 1 is 0.950 bits per heavy atom. The largest absolute Gasteiger partial charge is 0.257 e. The molecular weight excluding hydrogens is 502 g/mol. The van der Waals surface area contributed by atoms with Gasteiger partial charge in [-0.15, -0.1) is 17.7 Å². The van der Waals surface area contributed by atoms with Gasteiger partial charge in [-0.05, 0) is 70.4 Å². The summed E-state index contributed by atoms with van der Waals surface area (Å²) < 4.78 is 3.53. The lowest BCUT2D eigenvalue weighted by Crippen LogP contribution is -2.29. The molecule has 3 aromatic carbocycles. The second-order valence-corrected chi connectivity index (χ2v) is 15.0. The van der Waals surface area contributed by atoms with E-state index in [1.54, 1.807) is 5.56 Å². The fourth-order valence-electron chi connectivity index (χ4n) is 8.13. The van der Waals surface area contributed by atoms with Crippen molar-refractivity contribution in [3.8, 4) is 0 Å². The molecule has 2 heterocycles. The van der Waals surface area contributed by atoms with Gasteiger partial charge >= 0.3 is 0 Å². The van der Waals surface area contributed by atoms with E-state index in [1.165, 1.54) is 112 Å². The van der Waals surface area contributed by atoms with Crippen molar-refractivity contribution in [2.75, 3.05) is 0 Å². The van der Waals surface area contributed by atoms with E-state index in [1.807, 2.05) is 11.3 Å². The maximum Gasteiger partial charge on any atom is 0.197 e. The number of aryl methyl sites for hydroxylation is 1. The summed E-state index contributed by atoms with van der Waals surface area (Å²) in [6, 6.07) is 20.0. The van der Waals surface area contributed by atoms with Gasteiger partial charge in [0, 0.05) is 0 Å². The van der Waals surface area contributed by atoms with Gasteiger partial charge < -0.3 is 0 Å². The number of hydrogen-bond donors (Lipinski definition) is 0. The van der Waals surface area contributed by atoms with Crippen LogP contribution >= 0.6 is 11.3 Å². The molecule has 40 heavy (non-hydrogen) atoms. The third kappa shape index (κ3) is 4.26. The first-order chi connectivity index (χ1) is 19.2. The van der Waals surface area contributed by atoms with E-state index in [0.717, 1.165) is 5.92 Å². The van der Waals surface area contributed by atoms with Crippen LogP contribution in [-0.4, -0.2) is 11.3 Å². The lowest BCUT2D eigenvalue weighted by atomic mass is 9.62. The van der Waals surface area contributed by atoms with Crippen LogP contribution in [0.5, 0.6) is 0 Å². The molecule has 0 saturated heterocycles. The zero-order chi connectivity index (χ0) is 27.6. The van der Waals surface area contributed by atoms with Crippen molar-refractivity contribution >= 4 is 45.0 Å². The molecule has 1 aliphatic heterocycles. The van der Waals surface area contributed by atoms with Crippen LogP contribution in [0, 0.1) is 18.4 Å². The van der Waals surface area contributed by atoms with Crippen LogP contribution in [0.4, 0.5) is 0 Å². The third-order valence-electron chi connectivity index (χ3n) is 10.5. The zero-order valence-electron chi connectivity index (χ0n) is 24.8. The van der Waals surface area contributed by atoms with E-state index in [4.69, 9.17) is 0 Å². The van der Waals surface area contributed by atoms with Crippen molar-refractivity contribution in [3.05, 3.63) is 93.5 Å². The number of benzene rings is 3. The van der Waals surface area contributed by atoms with Crippen LogP contribution in [0.1, 0.15) is 117 Å². The first-order valence-corrected chi connectivity index (χ1v) is 16.3. The summed E-state index contributed by atoms with van der Waals surface area (Å²) in [5, 5.41) is 4.10. The predicted molar refractivity (Wildman–Crippen MR) is 174 cm³/mol. The van der Waals surface area contributed by atoms with Crippen molar-refractivity contribution in [1.29, 1.82) is 0 Å². The molecule has 2 saturated carbocycles. The molecule has 2 aliphatic carbocycles. The van der Waals surface area contributed by atoms with Crippen LogP contribution in [0.25, 0.3) is 26.9 Å². The van der Waals surface area contributed by atoms with Crippen LogP contribution < -0.4 is 0 Å². The smallest absolute Gasteiger partial charge is 0.197 e. The van der Waals surface area contributed by atoms with Crippen molar-refractivity contribution in [3.63, 3.8) is 0 Å². The van der Waals surface area contributed by atoms with Crippen LogP contribution in [0.2, 0.25) is 0 Å². The summed E-state index contributed by atoms with van der Waals surface area (Å²) in [5.41, 5.74) is 7.69. The fourth-order valence-corrected chi connectivity index (χ4v) is 9.44. The Morgan fingerprint density at radius 3 is 2.40 bits per heavy atom. The van der Waals surface area contributed by atoms with Crippen molar-refractivity contribution < 1.29 is 4.58 Å². The van der Waals surface area contributed by atoms with E-state index in [2.05, 4.69) is 99.8 Å². The van der Waals surface area contributed by atoms with Crippen molar-refractivity contribution in [2.45, 2.75) is 96.8 Å². The Balaban J connectivity index is 1.28. The Bertz CT molecular complexity index is 1640. The van der Waals surface area contributed by atoms with Gasteiger partial charge in [-0.3, -0.25) is 4.58 Å². The van der Waals surface area contributed by atoms with E-state index in [9.17, 15) is 0 Å². The molecule has 0 bridgehead atoms. The monoisotopic (exact) mass is 545 g/mol. The summed E-state index contributed by atoms with van der Waals surface area (Å²) in [5.74, 6) is 0.719. The molecule has 0 radical (unpaired) electrons. The maximum absolute atomic E-state index is 4.49. The van der Waals surface area contributed by atoms with Crippen molar-refractivity contribution in [2.24, 2.45) is 5.41 Å². The summed E-state index contributed by atoms with van der Waals surface area (Å²) in [6.07, 6.45) is 17.4. The molecule has 4 aromatic rings. The average molecular weight is 546 g/mol. The maximum atomic E-state index is 4.49. The minimum atomic E-state index is 0.0488. The van der Waals surface area contributed by atoms with Gasteiger partial charge in [0.2, 0.25) is 0 Å². The average Bonchev–Trinajstić information content (AvgIpc) is 3.32. The minimum absolute atomic E-state index is 0.0488. The Morgan fingerprint density at radius 2 is 1.68 bits per heavy atom. The highest BCUT2D eigenvalue weighted by Gasteiger charge is 2.37. The van der Waals surface area contributed by atoms with Gasteiger partial charge in [0.15, 0.2) is 15.6 Å². The predicted octanol–water partition coefficient (Wildman–Crippen LogP) is 10.9. The lowest BCUT2D eigenvalue weighted by Gasteiger charge is -2.43. The Labute approximate surface area is 244 Å². The standard InChI is InChI=1S/C38H43NS/c1-25-28-11-7-8-12-29(28)33(37(2,3)4)24-32(25)35-36-31(17-22-39(35)5)30-14-13-27(23-34(30)40-36)26-15-20-38(21-16-26)18-9-6-10-19-38/h7-8,11-14,17,22-24,26H,5-6,9-10,15-16,18-21H2,1-4H3. The van der Waals surface area contributed by atoms with Gasteiger partial charge in [0.25, 0.3) is 0 Å². The van der Waals surface area contributed by atoms with Crippen LogP contribution in [-0.2, 0) is 5.41 Å². The topological polar surface area (TPSA) is 3.01 Å². The molecule has 1 nitrogen and oxygen atoms in total. The molecular formula is C38H43NS. The summed E-state index contributed by atoms with van der Waals surface area (Å²) in [7, 11) is 0. The van der Waals surface area contributed by atoms with E-state index < -0.39 is 0 Å². The molecule has 3 aliphatic rings. The highest BCUT2D eigenvalue weighted by atomic mass is 32.1. The second-order valence-electron chi connectivity index (χ2n) is 14.0. The molecule has 0 atom stereocenters. The lowest BCUT2D eigenvalue weighted by molar-refractivity contribution is -0.417. The molecule has 0 amide bonds. The summed E-state index contributed by atoms with van der Waals surface area (Å²) in [6.45, 7) is 13.8. The third-order valence-corrected chi connectivity index (χ3v) is 11.7. The number of rotatable bonds is 2. The first-order valence-electron chi connectivity index (χ1n) is 15.5. The van der Waals surface area contributed by atoms with E-state index >= 15 is 0 Å². The summed E-state index contributed by atoms with van der Waals surface area (Å²) in [4.78, 5) is 1.35. The molecule has 0 N–H and O–H groups in total. The molecule has 2 heteroatoms. The molecule has 0 unspecified atom stereocenters. The minimum Gasteiger partial charge on any atom is -0.257 e. The molecule has 206 valence electrons. The Hall–Kier alpha value is -2.84. The van der Waals surface area contributed by atoms with E-state index in [0.29, 0.717) is 5.41 Å². The second kappa shape index (κ2) is 9.62. The molecule has 1 spiro atoms.